The highest BCUT2D eigenvalue weighted by Gasteiger charge is 2.47. The second kappa shape index (κ2) is 8.24. The van der Waals surface area contributed by atoms with E-state index in [4.69, 9.17) is 5.73 Å². The first kappa shape index (κ1) is 19.1. The van der Waals surface area contributed by atoms with Gasteiger partial charge >= 0.3 is 0 Å². The molecule has 0 aliphatic heterocycles. The number of hydrogen-bond acceptors (Lipinski definition) is 2. The van der Waals surface area contributed by atoms with Crippen LogP contribution >= 0.6 is 35.3 Å². The third-order valence-electron chi connectivity index (χ3n) is 4.16. The van der Waals surface area contributed by atoms with Crippen molar-refractivity contribution in [2.45, 2.75) is 24.7 Å². The minimum Gasteiger partial charge on any atom is -0.370 e. The molecule has 1 saturated carbocycles. The van der Waals surface area contributed by atoms with Crippen LogP contribution in [0.25, 0.3) is 0 Å². The molecule has 0 atom stereocenters. The van der Waals surface area contributed by atoms with Gasteiger partial charge in [-0.1, -0.05) is 12.1 Å². The van der Waals surface area contributed by atoms with Gasteiger partial charge in [-0.3, -0.25) is 4.99 Å². The van der Waals surface area contributed by atoms with Gasteiger partial charge in [0, 0.05) is 22.4 Å². The van der Waals surface area contributed by atoms with Gasteiger partial charge in [-0.25, -0.2) is 8.78 Å². The molecule has 0 amide bonds. The fraction of sp³-hybridized carbons (Fsp3) is 0.353. The summed E-state index contributed by atoms with van der Waals surface area (Å²) in [4.78, 5) is 5.56. The maximum absolute atomic E-state index is 13.9. The molecule has 1 aliphatic carbocycles. The van der Waals surface area contributed by atoms with Crippen molar-refractivity contribution in [2.75, 3.05) is 13.1 Å². The Hall–Kier alpha value is -1.22. The van der Waals surface area contributed by atoms with E-state index in [0.717, 1.165) is 19.3 Å². The molecule has 1 aromatic carbocycles. The molecule has 1 aliphatic rings. The molecule has 7 heteroatoms. The summed E-state index contributed by atoms with van der Waals surface area (Å²) in [5.74, 6) is -0.673. The minimum atomic E-state index is -0.532. The van der Waals surface area contributed by atoms with Crippen LogP contribution in [0.4, 0.5) is 8.78 Å². The number of nitrogens with one attached hydrogen (secondary N) is 1. The van der Waals surface area contributed by atoms with Crippen molar-refractivity contribution >= 4 is 41.3 Å². The molecule has 24 heavy (non-hydrogen) atoms. The highest BCUT2D eigenvalue weighted by molar-refractivity contribution is 14.0. The Labute approximate surface area is 161 Å². The predicted molar refractivity (Wildman–Crippen MR) is 105 cm³/mol. The van der Waals surface area contributed by atoms with Gasteiger partial charge in [-0.2, -0.15) is 0 Å². The summed E-state index contributed by atoms with van der Waals surface area (Å²) in [5, 5.41) is 5.08. The van der Waals surface area contributed by atoms with Crippen molar-refractivity contribution < 1.29 is 8.78 Å². The van der Waals surface area contributed by atoms with Crippen LogP contribution in [0.3, 0.4) is 0 Å². The number of rotatable bonds is 6. The van der Waals surface area contributed by atoms with Gasteiger partial charge in [-0.15, -0.1) is 35.3 Å². The molecule has 1 aromatic heterocycles. The third kappa shape index (κ3) is 4.44. The second-order valence-electron chi connectivity index (χ2n) is 5.83. The lowest BCUT2D eigenvalue weighted by molar-refractivity contribution is 0.517. The summed E-state index contributed by atoms with van der Waals surface area (Å²) in [5.41, 5.74) is 5.47. The van der Waals surface area contributed by atoms with E-state index in [2.05, 4.69) is 16.4 Å². The summed E-state index contributed by atoms with van der Waals surface area (Å²) in [6, 6.07) is 8.06. The van der Waals surface area contributed by atoms with Crippen molar-refractivity contribution in [3.8, 4) is 0 Å². The maximum Gasteiger partial charge on any atom is 0.188 e. The summed E-state index contributed by atoms with van der Waals surface area (Å²) in [6.45, 7) is 1.000. The zero-order valence-corrected chi connectivity index (χ0v) is 16.2. The van der Waals surface area contributed by atoms with Crippen molar-refractivity contribution in [3.05, 3.63) is 57.8 Å². The van der Waals surface area contributed by atoms with Crippen LogP contribution in [0.15, 0.2) is 40.7 Å². The summed E-state index contributed by atoms with van der Waals surface area (Å²) in [6.07, 6.45) is 2.34. The zero-order valence-electron chi connectivity index (χ0n) is 13.1. The Morgan fingerprint density at radius 1 is 1.21 bits per heavy atom. The average Bonchev–Trinajstić information content (AvgIpc) is 3.11. The van der Waals surface area contributed by atoms with E-state index >= 15 is 0 Å². The number of nitrogens with two attached hydrogens (primary N) is 1. The number of nitrogens with zero attached hydrogens (tertiary/aromatic N) is 1. The number of benzene rings is 1. The van der Waals surface area contributed by atoms with Gasteiger partial charge in [0.15, 0.2) is 5.96 Å². The van der Waals surface area contributed by atoms with E-state index in [9.17, 15) is 8.78 Å². The van der Waals surface area contributed by atoms with E-state index in [1.807, 2.05) is 11.4 Å². The van der Waals surface area contributed by atoms with Gasteiger partial charge in [0.1, 0.15) is 11.6 Å². The largest absolute Gasteiger partial charge is 0.370 e. The first-order valence-corrected chi connectivity index (χ1v) is 8.49. The summed E-state index contributed by atoms with van der Waals surface area (Å²) < 4.78 is 27.9. The van der Waals surface area contributed by atoms with Gasteiger partial charge in [0.05, 0.1) is 6.54 Å². The van der Waals surface area contributed by atoms with Crippen LogP contribution in [-0.4, -0.2) is 19.0 Å². The Morgan fingerprint density at radius 3 is 2.50 bits per heavy atom. The maximum atomic E-state index is 13.9. The Morgan fingerprint density at radius 2 is 1.92 bits per heavy atom. The van der Waals surface area contributed by atoms with Gasteiger partial charge in [0.2, 0.25) is 0 Å². The molecule has 0 spiro atoms. The summed E-state index contributed by atoms with van der Waals surface area (Å²) in [7, 11) is 0. The molecule has 0 radical (unpaired) electrons. The zero-order chi connectivity index (χ0) is 16.3. The molecule has 1 heterocycles. The highest BCUT2D eigenvalue weighted by atomic mass is 127. The van der Waals surface area contributed by atoms with E-state index in [-0.39, 0.29) is 29.5 Å². The fourth-order valence-electron chi connectivity index (χ4n) is 2.70. The lowest BCUT2D eigenvalue weighted by Crippen LogP contribution is -2.34. The van der Waals surface area contributed by atoms with E-state index in [1.54, 1.807) is 11.3 Å². The number of aliphatic imine (C=N–C) groups is 1. The Kier molecular flexibility index (Phi) is 6.56. The molecular weight excluding hydrogens is 443 g/mol. The fourth-order valence-corrected chi connectivity index (χ4v) is 3.41. The second-order valence-corrected chi connectivity index (χ2v) is 6.87. The average molecular weight is 463 g/mol. The normalized spacial score (nSPS) is 15.7. The smallest absolute Gasteiger partial charge is 0.188 e. The molecular formula is C17H20F2IN3S. The summed E-state index contributed by atoms with van der Waals surface area (Å²) >= 11 is 1.70. The van der Waals surface area contributed by atoms with E-state index in [1.165, 1.54) is 23.1 Å². The number of guanidine groups is 1. The van der Waals surface area contributed by atoms with Crippen molar-refractivity contribution in [2.24, 2.45) is 10.7 Å². The lowest BCUT2D eigenvalue weighted by atomic mass is 9.95. The highest BCUT2D eigenvalue weighted by Crippen LogP contribution is 2.50. The Balaban J connectivity index is 0.00000208. The molecule has 1 fully saturated rings. The van der Waals surface area contributed by atoms with Gasteiger partial charge in [-0.05, 0) is 42.8 Å². The topological polar surface area (TPSA) is 50.4 Å². The lowest BCUT2D eigenvalue weighted by Gasteiger charge is -2.15. The predicted octanol–water partition coefficient (Wildman–Crippen LogP) is 3.82. The van der Waals surface area contributed by atoms with Crippen LogP contribution < -0.4 is 11.1 Å². The van der Waals surface area contributed by atoms with Crippen LogP contribution in [0.2, 0.25) is 0 Å². The molecule has 3 nitrogen and oxygen atoms in total. The minimum absolute atomic E-state index is 0. The number of thiophene rings is 1. The third-order valence-corrected chi connectivity index (χ3v) is 5.09. The van der Waals surface area contributed by atoms with Crippen LogP contribution in [0, 0.1) is 11.6 Å². The Bertz CT molecular complexity index is 680. The van der Waals surface area contributed by atoms with Crippen molar-refractivity contribution in [1.82, 2.24) is 5.32 Å². The molecule has 3 N–H and O–H groups in total. The first-order valence-electron chi connectivity index (χ1n) is 7.61. The SMILES string of the molecule is I.NC(=NCC1(c2c(F)cccc2F)CC1)NCCc1cccs1. The molecule has 2 aromatic rings. The van der Waals surface area contributed by atoms with E-state index < -0.39 is 17.0 Å². The van der Waals surface area contributed by atoms with Crippen LogP contribution in [0.1, 0.15) is 23.3 Å². The first-order chi connectivity index (χ1) is 11.1. The molecule has 0 bridgehead atoms. The standard InChI is InChI=1S/C17H19F2N3S.HI/c18-13-4-1-5-14(19)15(13)17(7-8-17)11-22-16(20)21-9-6-12-3-2-10-23-12;/h1-5,10H,6-9,11H2,(H3,20,21,22);1H. The van der Waals surface area contributed by atoms with Gasteiger partial charge < -0.3 is 11.1 Å². The van der Waals surface area contributed by atoms with Crippen molar-refractivity contribution in [1.29, 1.82) is 0 Å². The van der Waals surface area contributed by atoms with Crippen LogP contribution in [-0.2, 0) is 11.8 Å². The quantitative estimate of drug-likeness (QED) is 0.389. The van der Waals surface area contributed by atoms with E-state index in [0.29, 0.717) is 19.0 Å². The molecule has 130 valence electrons. The monoisotopic (exact) mass is 463 g/mol. The van der Waals surface area contributed by atoms with Crippen LogP contribution in [0.5, 0.6) is 0 Å². The number of hydrogen-bond donors (Lipinski definition) is 2. The number of halogens is 3. The van der Waals surface area contributed by atoms with Crippen molar-refractivity contribution in [3.63, 3.8) is 0 Å². The molecule has 0 saturated heterocycles. The van der Waals surface area contributed by atoms with Gasteiger partial charge in [0.25, 0.3) is 0 Å². The molecule has 3 rings (SSSR count). The molecule has 0 unspecified atom stereocenters.